The Hall–Kier alpha value is -2.26. The van der Waals surface area contributed by atoms with Crippen LogP contribution < -0.4 is 5.32 Å². The summed E-state index contributed by atoms with van der Waals surface area (Å²) < 4.78 is 7.88. The Morgan fingerprint density at radius 2 is 2.23 bits per heavy atom. The maximum atomic E-state index is 12.0. The Morgan fingerprint density at radius 3 is 2.96 bits per heavy atom. The molecule has 0 aliphatic carbocycles. The predicted octanol–water partition coefficient (Wildman–Crippen LogP) is 3.43. The number of nitrogens with zero attached hydrogens (tertiary/aromatic N) is 3. The molecule has 7 nitrogen and oxygen atoms in total. The van der Waals surface area contributed by atoms with Crippen LogP contribution in [0.3, 0.4) is 0 Å². The average Bonchev–Trinajstić information content (AvgIpc) is 3.29. The van der Waals surface area contributed by atoms with Gasteiger partial charge in [0.1, 0.15) is 11.5 Å². The number of halogens is 1. The lowest BCUT2D eigenvalue weighted by atomic mass is 10.2. The van der Waals surface area contributed by atoms with Crippen LogP contribution >= 0.6 is 27.7 Å². The van der Waals surface area contributed by atoms with Crippen molar-refractivity contribution in [2.75, 3.05) is 5.75 Å². The molecule has 1 aromatic carbocycles. The van der Waals surface area contributed by atoms with Crippen molar-refractivity contribution in [3.63, 3.8) is 0 Å². The van der Waals surface area contributed by atoms with Gasteiger partial charge in [-0.2, -0.15) is 0 Å². The first-order valence-corrected chi connectivity index (χ1v) is 9.70. The summed E-state index contributed by atoms with van der Waals surface area (Å²) in [5.41, 5.74) is 0.586. The monoisotopic (exact) mass is 436 g/mol. The third kappa shape index (κ3) is 4.28. The third-order valence-electron chi connectivity index (χ3n) is 3.60. The second-order valence-electron chi connectivity index (χ2n) is 5.36. The van der Waals surface area contributed by atoms with Gasteiger partial charge < -0.3 is 19.4 Å². The van der Waals surface area contributed by atoms with E-state index in [0.29, 0.717) is 35.4 Å². The molecule has 0 bridgehead atoms. The molecule has 3 rings (SSSR count). The number of hydrogen-bond donors (Lipinski definition) is 2. The number of amides is 1. The fourth-order valence-electron chi connectivity index (χ4n) is 2.35. The number of furan rings is 1. The molecule has 2 N–H and O–H groups in total. The lowest BCUT2D eigenvalue weighted by Crippen LogP contribution is -2.24. The minimum atomic E-state index is -0.121. The van der Waals surface area contributed by atoms with Gasteiger partial charge in [-0.15, -0.1) is 10.2 Å². The van der Waals surface area contributed by atoms with Crippen LogP contribution in [0.1, 0.15) is 12.7 Å². The number of hydrogen-bond acceptors (Lipinski definition) is 6. The van der Waals surface area contributed by atoms with Gasteiger partial charge in [0, 0.05) is 11.0 Å². The number of nitrogens with one attached hydrogen (secondary N) is 1. The third-order valence-corrected chi connectivity index (χ3v) is 5.06. The molecule has 3 aromatic rings. The summed E-state index contributed by atoms with van der Waals surface area (Å²) in [4.78, 5) is 12.0. The Kier molecular flexibility index (Phi) is 6.00. The molecule has 2 heterocycles. The van der Waals surface area contributed by atoms with Gasteiger partial charge in [0.25, 0.3) is 0 Å². The van der Waals surface area contributed by atoms with Crippen molar-refractivity contribution in [1.29, 1.82) is 0 Å². The van der Waals surface area contributed by atoms with Crippen molar-refractivity contribution < 1.29 is 14.3 Å². The first kappa shape index (κ1) is 18.5. The molecule has 1 amide bonds. The molecule has 9 heteroatoms. The van der Waals surface area contributed by atoms with E-state index < -0.39 is 0 Å². The van der Waals surface area contributed by atoms with E-state index >= 15 is 0 Å². The minimum absolute atomic E-state index is 0.121. The minimum Gasteiger partial charge on any atom is -0.507 e. The number of phenols is 1. The highest BCUT2D eigenvalue weighted by Gasteiger charge is 2.17. The molecule has 0 aliphatic rings. The van der Waals surface area contributed by atoms with Gasteiger partial charge in [0.2, 0.25) is 5.91 Å². The van der Waals surface area contributed by atoms with Crippen molar-refractivity contribution >= 4 is 33.6 Å². The Bertz CT molecular complexity index is 896. The Morgan fingerprint density at radius 1 is 1.38 bits per heavy atom. The Labute approximate surface area is 162 Å². The highest BCUT2D eigenvalue weighted by Crippen LogP contribution is 2.32. The van der Waals surface area contributed by atoms with Crippen LogP contribution in [0.25, 0.3) is 11.4 Å². The normalized spacial score (nSPS) is 10.8. The second kappa shape index (κ2) is 8.41. The number of aromatic nitrogens is 3. The van der Waals surface area contributed by atoms with Crippen LogP contribution in [-0.2, 0) is 17.9 Å². The highest BCUT2D eigenvalue weighted by atomic mass is 79.9. The SMILES string of the molecule is CCn1c(SCC(=O)NCc2ccco2)nnc1-c1cc(Br)ccc1O. The lowest BCUT2D eigenvalue weighted by molar-refractivity contribution is -0.118. The first-order valence-electron chi connectivity index (χ1n) is 7.92. The van der Waals surface area contributed by atoms with Gasteiger partial charge in [-0.1, -0.05) is 27.7 Å². The molecule has 0 aliphatic heterocycles. The number of carbonyl (C=O) groups excluding carboxylic acids is 1. The topological polar surface area (TPSA) is 93.2 Å². The van der Waals surface area contributed by atoms with Crippen molar-refractivity contribution in [2.45, 2.75) is 25.2 Å². The number of phenolic OH excluding ortho intramolecular Hbond substituents is 1. The number of carbonyl (C=O) groups is 1. The fraction of sp³-hybridized carbons (Fsp3) is 0.235. The van der Waals surface area contributed by atoms with Crippen LogP contribution in [0.5, 0.6) is 5.75 Å². The summed E-state index contributed by atoms with van der Waals surface area (Å²) in [5.74, 6) is 1.48. The lowest BCUT2D eigenvalue weighted by Gasteiger charge is -2.09. The van der Waals surface area contributed by atoms with Gasteiger partial charge in [0.05, 0.1) is 24.1 Å². The van der Waals surface area contributed by atoms with Crippen LogP contribution in [0.2, 0.25) is 0 Å². The predicted molar refractivity (Wildman–Crippen MR) is 102 cm³/mol. The van der Waals surface area contributed by atoms with Crippen LogP contribution in [0.15, 0.2) is 50.6 Å². The van der Waals surface area contributed by atoms with Gasteiger partial charge in [-0.3, -0.25) is 4.79 Å². The van der Waals surface area contributed by atoms with Crippen LogP contribution in [-0.4, -0.2) is 31.5 Å². The van der Waals surface area contributed by atoms with E-state index in [1.165, 1.54) is 11.8 Å². The summed E-state index contributed by atoms with van der Waals surface area (Å²) in [6.45, 7) is 2.93. The molecule has 0 spiro atoms. The van der Waals surface area contributed by atoms with Gasteiger partial charge in [-0.25, -0.2) is 0 Å². The molecule has 0 atom stereocenters. The molecule has 0 radical (unpaired) electrons. The second-order valence-corrected chi connectivity index (χ2v) is 7.21. The zero-order valence-electron chi connectivity index (χ0n) is 14.0. The summed E-state index contributed by atoms with van der Waals surface area (Å²) in [6, 6.07) is 8.72. The van der Waals surface area contributed by atoms with Gasteiger partial charge in [0.15, 0.2) is 11.0 Å². The van der Waals surface area contributed by atoms with Crippen molar-refractivity contribution in [2.24, 2.45) is 0 Å². The van der Waals surface area contributed by atoms with E-state index in [9.17, 15) is 9.90 Å². The number of benzene rings is 1. The molecule has 0 unspecified atom stereocenters. The smallest absolute Gasteiger partial charge is 0.230 e. The first-order chi connectivity index (χ1) is 12.6. The van der Waals surface area contributed by atoms with Crippen molar-refractivity contribution in [1.82, 2.24) is 20.1 Å². The largest absolute Gasteiger partial charge is 0.507 e. The zero-order chi connectivity index (χ0) is 18.5. The van der Waals surface area contributed by atoms with E-state index in [-0.39, 0.29) is 17.4 Å². The van der Waals surface area contributed by atoms with Crippen molar-refractivity contribution in [3.8, 4) is 17.1 Å². The number of aromatic hydroxyl groups is 1. The molecule has 0 saturated heterocycles. The zero-order valence-corrected chi connectivity index (χ0v) is 16.4. The maximum absolute atomic E-state index is 12.0. The quantitative estimate of drug-likeness (QED) is 0.551. The summed E-state index contributed by atoms with van der Waals surface area (Å²) in [5, 5.41) is 21.9. The van der Waals surface area contributed by atoms with Crippen LogP contribution in [0.4, 0.5) is 0 Å². The number of thioether (sulfide) groups is 1. The Balaban J connectivity index is 1.68. The van der Waals surface area contributed by atoms with E-state index in [1.54, 1.807) is 36.6 Å². The number of rotatable bonds is 7. The molecular weight excluding hydrogens is 420 g/mol. The van der Waals surface area contributed by atoms with Crippen LogP contribution in [0, 0.1) is 0 Å². The summed E-state index contributed by atoms with van der Waals surface area (Å²) in [6.07, 6.45) is 1.57. The summed E-state index contributed by atoms with van der Waals surface area (Å²) in [7, 11) is 0. The fourth-order valence-corrected chi connectivity index (χ4v) is 3.54. The van der Waals surface area contributed by atoms with E-state index in [4.69, 9.17) is 4.42 Å². The van der Waals surface area contributed by atoms with E-state index in [1.807, 2.05) is 11.5 Å². The summed E-state index contributed by atoms with van der Waals surface area (Å²) >= 11 is 4.69. The van der Waals surface area contributed by atoms with Gasteiger partial charge >= 0.3 is 0 Å². The van der Waals surface area contributed by atoms with Crippen molar-refractivity contribution in [3.05, 3.63) is 46.8 Å². The maximum Gasteiger partial charge on any atom is 0.230 e. The van der Waals surface area contributed by atoms with Gasteiger partial charge in [-0.05, 0) is 37.3 Å². The highest BCUT2D eigenvalue weighted by molar-refractivity contribution is 9.10. The average molecular weight is 437 g/mol. The van der Waals surface area contributed by atoms with E-state index in [2.05, 4.69) is 31.4 Å². The van der Waals surface area contributed by atoms with E-state index in [0.717, 1.165) is 4.47 Å². The molecular formula is C17H17BrN4O3S. The molecule has 2 aromatic heterocycles. The molecule has 0 saturated carbocycles. The standard InChI is InChI=1S/C17H17BrN4O3S/c1-2-22-16(13-8-11(18)5-6-14(13)23)20-21-17(22)26-10-15(24)19-9-12-4-3-7-25-12/h3-8,23H,2,9-10H2,1H3,(H,19,24). The molecule has 26 heavy (non-hydrogen) atoms. The molecule has 136 valence electrons. The molecule has 0 fully saturated rings.